The number of aliphatic hydroxyl groups excluding tert-OH is 4. The standard InChI is InChI=1S/C24H44N2O9/c1-3-4-5-11-19(29)25-13-8-6-10-17(16(2)28)26-20(30)12-7-9-14-34-24-23(33)22(32)21(31)18(15-27)35-24/h17-18,21-24,27,31-33H,3-15H2,1-2H3,(H,25,29)(H,26,30)/t17-,18?,21?,22?,23?,24?/m0/s1. The van der Waals surface area contributed by atoms with Crippen molar-refractivity contribution in [2.75, 3.05) is 19.8 Å². The Morgan fingerprint density at radius 3 is 2.26 bits per heavy atom. The van der Waals surface area contributed by atoms with E-state index in [4.69, 9.17) is 9.47 Å². The molecule has 0 bridgehead atoms. The van der Waals surface area contributed by atoms with Gasteiger partial charge in [-0.3, -0.25) is 14.4 Å². The number of ether oxygens (including phenoxy) is 2. The number of aliphatic hydroxyl groups is 4. The third-order valence-electron chi connectivity index (χ3n) is 6.00. The Balaban J connectivity index is 2.20. The number of Topliss-reactive ketones (excluding diaryl/α,β-unsaturated/α-hetero) is 1. The van der Waals surface area contributed by atoms with Gasteiger partial charge >= 0.3 is 0 Å². The SMILES string of the molecule is CCCCCC(=O)NCCCC[C@H](NC(=O)CCCCOC1OC(CO)C(O)C(O)C1O)C(C)=O. The summed E-state index contributed by atoms with van der Waals surface area (Å²) in [6.07, 6.45) is -0.0235. The Morgan fingerprint density at radius 2 is 1.60 bits per heavy atom. The van der Waals surface area contributed by atoms with Crippen LogP contribution in [0.2, 0.25) is 0 Å². The Kier molecular flexibility index (Phi) is 15.9. The van der Waals surface area contributed by atoms with Crippen molar-refractivity contribution in [3.05, 3.63) is 0 Å². The van der Waals surface area contributed by atoms with E-state index in [9.17, 15) is 34.8 Å². The van der Waals surface area contributed by atoms with Crippen molar-refractivity contribution < 1.29 is 44.3 Å². The molecule has 204 valence electrons. The van der Waals surface area contributed by atoms with Crippen LogP contribution in [0, 0.1) is 0 Å². The monoisotopic (exact) mass is 504 g/mol. The van der Waals surface area contributed by atoms with Gasteiger partial charge in [0, 0.05) is 26.0 Å². The Morgan fingerprint density at radius 1 is 0.914 bits per heavy atom. The zero-order valence-electron chi connectivity index (χ0n) is 21.0. The van der Waals surface area contributed by atoms with Gasteiger partial charge in [-0.2, -0.15) is 0 Å². The molecule has 1 saturated heterocycles. The predicted octanol–water partition coefficient (Wildman–Crippen LogP) is -0.0862. The fourth-order valence-electron chi connectivity index (χ4n) is 3.76. The first kappa shape index (κ1) is 31.4. The van der Waals surface area contributed by atoms with Crippen LogP contribution in [0.3, 0.4) is 0 Å². The number of nitrogens with one attached hydrogen (secondary N) is 2. The van der Waals surface area contributed by atoms with Crippen LogP contribution in [0.15, 0.2) is 0 Å². The Labute approximate surface area is 207 Å². The third kappa shape index (κ3) is 12.2. The molecule has 11 heteroatoms. The molecular formula is C24H44N2O9. The number of rotatable bonds is 18. The van der Waals surface area contributed by atoms with Crippen LogP contribution in [0.5, 0.6) is 0 Å². The zero-order chi connectivity index (χ0) is 26.2. The van der Waals surface area contributed by atoms with Crippen LogP contribution in [0.4, 0.5) is 0 Å². The van der Waals surface area contributed by atoms with E-state index < -0.39 is 43.4 Å². The maximum atomic E-state index is 12.2. The molecule has 2 amide bonds. The summed E-state index contributed by atoms with van der Waals surface area (Å²) in [6, 6.07) is -0.562. The predicted molar refractivity (Wildman–Crippen MR) is 127 cm³/mol. The molecule has 0 aromatic heterocycles. The van der Waals surface area contributed by atoms with Gasteiger partial charge in [0.05, 0.1) is 12.6 Å². The molecule has 6 N–H and O–H groups in total. The van der Waals surface area contributed by atoms with Crippen LogP contribution >= 0.6 is 0 Å². The molecule has 0 aromatic carbocycles. The van der Waals surface area contributed by atoms with Gasteiger partial charge in [-0.25, -0.2) is 0 Å². The maximum Gasteiger partial charge on any atom is 0.220 e. The number of carbonyl (C=O) groups excluding carboxylic acids is 3. The van der Waals surface area contributed by atoms with Gasteiger partial charge in [0.2, 0.25) is 11.8 Å². The first-order valence-corrected chi connectivity index (χ1v) is 12.7. The minimum Gasteiger partial charge on any atom is -0.394 e. The largest absolute Gasteiger partial charge is 0.394 e. The minimum absolute atomic E-state index is 0.0467. The van der Waals surface area contributed by atoms with Crippen LogP contribution in [0.1, 0.15) is 78.1 Å². The molecule has 1 rings (SSSR count). The number of hydrogen-bond donors (Lipinski definition) is 6. The highest BCUT2D eigenvalue weighted by Gasteiger charge is 2.43. The van der Waals surface area contributed by atoms with Gasteiger partial charge in [0.1, 0.15) is 24.4 Å². The minimum atomic E-state index is -1.50. The van der Waals surface area contributed by atoms with Crippen LogP contribution < -0.4 is 10.6 Å². The second-order valence-corrected chi connectivity index (χ2v) is 9.06. The summed E-state index contributed by atoms with van der Waals surface area (Å²) in [5.74, 6) is -0.319. The first-order valence-electron chi connectivity index (χ1n) is 12.7. The van der Waals surface area contributed by atoms with E-state index in [-0.39, 0.29) is 30.6 Å². The summed E-state index contributed by atoms with van der Waals surface area (Å²) in [4.78, 5) is 35.8. The maximum absolute atomic E-state index is 12.2. The lowest BCUT2D eigenvalue weighted by Crippen LogP contribution is -2.59. The van der Waals surface area contributed by atoms with Crippen molar-refractivity contribution in [3.8, 4) is 0 Å². The molecule has 0 aliphatic carbocycles. The Bertz CT molecular complexity index is 632. The molecule has 1 aliphatic heterocycles. The van der Waals surface area contributed by atoms with Crippen LogP contribution in [-0.2, 0) is 23.9 Å². The summed E-state index contributed by atoms with van der Waals surface area (Å²) in [5, 5.41) is 44.3. The molecule has 1 fully saturated rings. The summed E-state index contributed by atoms with van der Waals surface area (Å²) >= 11 is 0. The normalized spacial score (nSPS) is 25.1. The van der Waals surface area contributed by atoms with Gasteiger partial charge in [-0.05, 0) is 45.4 Å². The van der Waals surface area contributed by atoms with E-state index in [0.717, 1.165) is 25.7 Å². The number of hydrogen-bond acceptors (Lipinski definition) is 9. The van der Waals surface area contributed by atoms with Gasteiger partial charge in [-0.15, -0.1) is 0 Å². The lowest BCUT2D eigenvalue weighted by molar-refractivity contribution is -0.301. The molecule has 1 aliphatic rings. The topological polar surface area (TPSA) is 175 Å². The van der Waals surface area contributed by atoms with Crippen molar-refractivity contribution in [2.24, 2.45) is 0 Å². The van der Waals surface area contributed by atoms with Crippen molar-refractivity contribution in [3.63, 3.8) is 0 Å². The average molecular weight is 505 g/mol. The quantitative estimate of drug-likeness (QED) is 0.139. The number of ketones is 1. The van der Waals surface area contributed by atoms with Gasteiger partial charge in [0.15, 0.2) is 12.1 Å². The molecule has 1 heterocycles. The highest BCUT2D eigenvalue weighted by Crippen LogP contribution is 2.22. The molecule has 35 heavy (non-hydrogen) atoms. The van der Waals surface area contributed by atoms with Crippen molar-refractivity contribution in [2.45, 2.75) is 115 Å². The fraction of sp³-hybridized carbons (Fsp3) is 0.875. The first-order chi connectivity index (χ1) is 16.7. The summed E-state index contributed by atoms with van der Waals surface area (Å²) in [6.45, 7) is 3.68. The second kappa shape index (κ2) is 17.7. The van der Waals surface area contributed by atoms with Crippen molar-refractivity contribution in [1.29, 1.82) is 0 Å². The average Bonchev–Trinajstić information content (AvgIpc) is 2.82. The number of carbonyl (C=O) groups is 3. The van der Waals surface area contributed by atoms with E-state index in [1.54, 1.807) is 0 Å². The van der Waals surface area contributed by atoms with Crippen molar-refractivity contribution >= 4 is 17.6 Å². The molecule has 0 saturated carbocycles. The zero-order valence-corrected chi connectivity index (χ0v) is 21.0. The lowest BCUT2D eigenvalue weighted by Gasteiger charge is -2.39. The molecule has 0 spiro atoms. The third-order valence-corrected chi connectivity index (χ3v) is 6.00. The van der Waals surface area contributed by atoms with Crippen LogP contribution in [0.25, 0.3) is 0 Å². The van der Waals surface area contributed by atoms with E-state index in [1.165, 1.54) is 6.92 Å². The molecule has 0 aromatic rings. The lowest BCUT2D eigenvalue weighted by atomic mass is 9.99. The molecule has 11 nitrogen and oxygen atoms in total. The van der Waals surface area contributed by atoms with E-state index in [2.05, 4.69) is 17.6 Å². The number of unbranched alkanes of at least 4 members (excludes halogenated alkanes) is 4. The summed E-state index contributed by atoms with van der Waals surface area (Å²) in [5.41, 5.74) is 0. The van der Waals surface area contributed by atoms with E-state index in [0.29, 0.717) is 38.6 Å². The van der Waals surface area contributed by atoms with E-state index >= 15 is 0 Å². The second-order valence-electron chi connectivity index (χ2n) is 9.06. The highest BCUT2D eigenvalue weighted by atomic mass is 16.7. The number of amides is 2. The summed E-state index contributed by atoms with van der Waals surface area (Å²) in [7, 11) is 0. The highest BCUT2D eigenvalue weighted by molar-refractivity contribution is 5.87. The molecule has 6 atom stereocenters. The summed E-state index contributed by atoms with van der Waals surface area (Å²) < 4.78 is 10.7. The van der Waals surface area contributed by atoms with Crippen molar-refractivity contribution in [1.82, 2.24) is 10.6 Å². The van der Waals surface area contributed by atoms with Crippen LogP contribution in [-0.4, -0.2) is 94.5 Å². The van der Waals surface area contributed by atoms with Gasteiger partial charge in [0.25, 0.3) is 0 Å². The Hall–Kier alpha value is -1.63. The van der Waals surface area contributed by atoms with E-state index in [1.807, 2.05) is 0 Å². The smallest absolute Gasteiger partial charge is 0.220 e. The molecular weight excluding hydrogens is 460 g/mol. The fourth-order valence-corrected chi connectivity index (χ4v) is 3.76. The van der Waals surface area contributed by atoms with Gasteiger partial charge in [-0.1, -0.05) is 19.8 Å². The molecule has 0 radical (unpaired) electrons. The van der Waals surface area contributed by atoms with Gasteiger partial charge < -0.3 is 40.5 Å². The molecule has 5 unspecified atom stereocenters.